The SMILES string of the molecule is CN1CCN(c2ccc(C(=O)N3CCC4(CC3)CC(O)(CO)CCO4)cc2)CC1. The van der Waals surface area contributed by atoms with E-state index in [-0.39, 0.29) is 12.5 Å². The summed E-state index contributed by atoms with van der Waals surface area (Å²) in [5.41, 5.74) is 0.419. The number of ether oxygens (including phenoxy) is 1. The van der Waals surface area contributed by atoms with Crippen molar-refractivity contribution in [3.8, 4) is 0 Å². The molecule has 3 aliphatic rings. The molecule has 3 aliphatic heterocycles. The molecule has 0 bridgehead atoms. The summed E-state index contributed by atoms with van der Waals surface area (Å²) in [4.78, 5) is 19.5. The maximum atomic E-state index is 13.0. The summed E-state index contributed by atoms with van der Waals surface area (Å²) in [5.74, 6) is 0.0537. The van der Waals surface area contributed by atoms with Crippen molar-refractivity contribution in [3.63, 3.8) is 0 Å². The Hall–Kier alpha value is -1.67. The van der Waals surface area contributed by atoms with Crippen LogP contribution in [0.3, 0.4) is 0 Å². The van der Waals surface area contributed by atoms with Gasteiger partial charge in [-0.1, -0.05) is 0 Å². The molecule has 1 amide bonds. The standard InChI is InChI=1S/C22H33N3O4/c1-23-11-13-24(14-12-23)19-4-2-18(3-5-19)20(27)25-9-6-22(7-10-25)16-21(28,17-26)8-15-29-22/h2-5,26,28H,6-17H2,1H3. The van der Waals surface area contributed by atoms with Gasteiger partial charge in [0.1, 0.15) is 0 Å². The Morgan fingerprint density at radius 2 is 1.69 bits per heavy atom. The van der Waals surface area contributed by atoms with Gasteiger partial charge in [-0.3, -0.25) is 4.79 Å². The zero-order valence-electron chi connectivity index (χ0n) is 17.3. The van der Waals surface area contributed by atoms with E-state index in [1.165, 1.54) is 5.69 Å². The summed E-state index contributed by atoms with van der Waals surface area (Å²) in [7, 11) is 2.14. The monoisotopic (exact) mass is 403 g/mol. The third kappa shape index (κ3) is 4.43. The second kappa shape index (κ2) is 8.22. The van der Waals surface area contributed by atoms with Crippen LogP contribution in [0.4, 0.5) is 5.69 Å². The van der Waals surface area contributed by atoms with Gasteiger partial charge in [0.15, 0.2) is 0 Å². The highest BCUT2D eigenvalue weighted by molar-refractivity contribution is 5.94. The molecule has 7 heteroatoms. The second-order valence-electron chi connectivity index (χ2n) is 8.97. The summed E-state index contributed by atoms with van der Waals surface area (Å²) in [6.45, 7) is 5.59. The Morgan fingerprint density at radius 3 is 2.31 bits per heavy atom. The molecule has 0 saturated carbocycles. The maximum Gasteiger partial charge on any atom is 0.253 e. The van der Waals surface area contributed by atoms with Gasteiger partial charge in [-0.2, -0.15) is 0 Å². The summed E-state index contributed by atoms with van der Waals surface area (Å²) in [5, 5.41) is 20.0. The average molecular weight is 404 g/mol. The van der Waals surface area contributed by atoms with Crippen molar-refractivity contribution in [2.75, 3.05) is 64.4 Å². The number of nitrogens with zero attached hydrogens (tertiary/aromatic N) is 3. The number of likely N-dealkylation sites (N-methyl/N-ethyl adjacent to an activating group) is 1. The molecule has 2 N–H and O–H groups in total. The number of aliphatic hydroxyl groups is 2. The van der Waals surface area contributed by atoms with E-state index in [2.05, 4.69) is 29.0 Å². The van der Waals surface area contributed by atoms with Crippen LogP contribution in [0.25, 0.3) is 0 Å². The number of benzene rings is 1. The van der Waals surface area contributed by atoms with Crippen molar-refractivity contribution < 1.29 is 19.7 Å². The van der Waals surface area contributed by atoms with E-state index in [4.69, 9.17) is 4.74 Å². The van der Waals surface area contributed by atoms with Crippen molar-refractivity contribution >= 4 is 11.6 Å². The Balaban J connectivity index is 1.35. The first-order valence-corrected chi connectivity index (χ1v) is 10.7. The third-order valence-corrected chi connectivity index (χ3v) is 6.87. The summed E-state index contributed by atoms with van der Waals surface area (Å²) < 4.78 is 6.01. The van der Waals surface area contributed by atoms with E-state index < -0.39 is 11.2 Å². The molecule has 29 heavy (non-hydrogen) atoms. The molecule has 0 aliphatic carbocycles. The van der Waals surface area contributed by atoms with Crippen molar-refractivity contribution in [1.82, 2.24) is 9.80 Å². The predicted molar refractivity (Wildman–Crippen MR) is 111 cm³/mol. The molecular weight excluding hydrogens is 370 g/mol. The van der Waals surface area contributed by atoms with Crippen molar-refractivity contribution in [2.24, 2.45) is 0 Å². The molecule has 1 aromatic rings. The fourth-order valence-corrected chi connectivity index (χ4v) is 4.83. The van der Waals surface area contributed by atoms with Crippen molar-refractivity contribution in [2.45, 2.75) is 36.9 Å². The van der Waals surface area contributed by atoms with Crippen LogP contribution in [-0.2, 0) is 4.74 Å². The van der Waals surface area contributed by atoms with E-state index >= 15 is 0 Å². The van der Waals surface area contributed by atoms with Crippen LogP contribution < -0.4 is 4.90 Å². The Kier molecular flexibility index (Phi) is 5.84. The smallest absolute Gasteiger partial charge is 0.253 e. The number of piperazine rings is 1. The lowest BCUT2D eigenvalue weighted by molar-refractivity contribution is -0.186. The van der Waals surface area contributed by atoms with Gasteiger partial charge in [0.05, 0.1) is 24.4 Å². The molecule has 1 atom stereocenters. The fraction of sp³-hybridized carbons (Fsp3) is 0.682. The van der Waals surface area contributed by atoms with Crippen LogP contribution in [0.15, 0.2) is 24.3 Å². The lowest BCUT2D eigenvalue weighted by Gasteiger charge is -2.48. The van der Waals surface area contributed by atoms with E-state index in [1.807, 2.05) is 17.0 Å². The van der Waals surface area contributed by atoms with E-state index in [0.29, 0.717) is 45.4 Å². The van der Waals surface area contributed by atoms with Gasteiger partial charge < -0.3 is 29.6 Å². The van der Waals surface area contributed by atoms with Gasteiger partial charge in [0.25, 0.3) is 5.91 Å². The van der Waals surface area contributed by atoms with Crippen molar-refractivity contribution in [3.05, 3.63) is 29.8 Å². The van der Waals surface area contributed by atoms with Gasteiger partial charge in [-0.15, -0.1) is 0 Å². The Labute approximate surface area is 172 Å². The lowest BCUT2D eigenvalue weighted by Crippen LogP contribution is -2.56. The number of aliphatic hydroxyl groups excluding tert-OH is 1. The largest absolute Gasteiger partial charge is 0.393 e. The van der Waals surface area contributed by atoms with Crippen LogP contribution in [0.1, 0.15) is 36.0 Å². The first-order chi connectivity index (χ1) is 13.9. The van der Waals surface area contributed by atoms with Crippen LogP contribution >= 0.6 is 0 Å². The van der Waals surface area contributed by atoms with E-state index in [0.717, 1.165) is 31.7 Å². The molecule has 3 fully saturated rings. The van der Waals surface area contributed by atoms with Gasteiger partial charge in [-0.25, -0.2) is 0 Å². The van der Waals surface area contributed by atoms with Crippen molar-refractivity contribution in [1.29, 1.82) is 0 Å². The molecule has 0 aromatic heterocycles. The zero-order chi connectivity index (χ0) is 20.5. The number of carbonyl (C=O) groups is 1. The Morgan fingerprint density at radius 1 is 1.03 bits per heavy atom. The average Bonchev–Trinajstić information content (AvgIpc) is 2.74. The molecule has 0 radical (unpaired) electrons. The molecular formula is C22H33N3O4. The van der Waals surface area contributed by atoms with Gasteiger partial charge in [-0.05, 0) is 44.2 Å². The lowest BCUT2D eigenvalue weighted by atomic mass is 9.77. The van der Waals surface area contributed by atoms with Gasteiger partial charge in [0, 0.05) is 63.4 Å². The normalized spacial score (nSPS) is 28.0. The zero-order valence-corrected chi connectivity index (χ0v) is 17.3. The minimum Gasteiger partial charge on any atom is -0.393 e. The number of anilines is 1. The number of piperidine rings is 1. The van der Waals surface area contributed by atoms with Gasteiger partial charge in [0.2, 0.25) is 0 Å². The number of likely N-dealkylation sites (tertiary alicyclic amines) is 1. The molecule has 1 spiro atoms. The molecule has 3 saturated heterocycles. The predicted octanol–water partition coefficient (Wildman–Crippen LogP) is 0.947. The topological polar surface area (TPSA) is 76.5 Å². The first kappa shape index (κ1) is 20.6. The molecule has 7 nitrogen and oxygen atoms in total. The van der Waals surface area contributed by atoms with Crippen LogP contribution in [0, 0.1) is 0 Å². The molecule has 3 heterocycles. The van der Waals surface area contributed by atoms with E-state index in [1.54, 1.807) is 0 Å². The highest BCUT2D eigenvalue weighted by Gasteiger charge is 2.46. The minimum absolute atomic E-state index is 0.0537. The number of carbonyl (C=O) groups excluding carboxylic acids is 1. The molecule has 1 unspecified atom stereocenters. The molecule has 1 aromatic carbocycles. The summed E-state index contributed by atoms with van der Waals surface area (Å²) >= 11 is 0. The highest BCUT2D eigenvalue weighted by atomic mass is 16.5. The summed E-state index contributed by atoms with van der Waals surface area (Å²) in [6, 6.07) is 7.97. The summed E-state index contributed by atoms with van der Waals surface area (Å²) in [6.07, 6.45) is 2.30. The molecule has 4 rings (SSSR count). The minimum atomic E-state index is -1.05. The van der Waals surface area contributed by atoms with E-state index in [9.17, 15) is 15.0 Å². The number of amides is 1. The quantitative estimate of drug-likeness (QED) is 0.783. The van der Waals surface area contributed by atoms with Gasteiger partial charge >= 0.3 is 0 Å². The number of hydrogen-bond donors (Lipinski definition) is 2. The highest BCUT2D eigenvalue weighted by Crippen LogP contribution is 2.39. The number of rotatable bonds is 3. The Bertz CT molecular complexity index is 709. The van der Waals surface area contributed by atoms with Crippen LogP contribution in [-0.4, -0.2) is 96.7 Å². The second-order valence-corrected chi connectivity index (χ2v) is 8.97. The number of hydrogen-bond acceptors (Lipinski definition) is 6. The van der Waals surface area contributed by atoms with Crippen LogP contribution in [0.2, 0.25) is 0 Å². The first-order valence-electron chi connectivity index (χ1n) is 10.7. The van der Waals surface area contributed by atoms with Crippen LogP contribution in [0.5, 0.6) is 0 Å². The fourth-order valence-electron chi connectivity index (χ4n) is 4.83. The molecule has 160 valence electrons. The maximum absolute atomic E-state index is 13.0. The third-order valence-electron chi connectivity index (χ3n) is 6.87.